The minimum absolute atomic E-state index is 0.0560. The van der Waals surface area contributed by atoms with Gasteiger partial charge in [-0.2, -0.15) is 0 Å². The first-order chi connectivity index (χ1) is 19.1. The Kier molecular flexibility index (Phi) is 5.83. The predicted octanol–water partition coefficient (Wildman–Crippen LogP) is 3.73. The molecule has 0 saturated carbocycles. The number of ketones is 2. The Labute approximate surface area is 229 Å². The van der Waals surface area contributed by atoms with Crippen LogP contribution in [-0.2, 0) is 19.2 Å². The molecule has 0 aromatic heterocycles. The van der Waals surface area contributed by atoms with E-state index in [1.54, 1.807) is 19.1 Å². The van der Waals surface area contributed by atoms with Gasteiger partial charge in [0.15, 0.2) is 11.6 Å². The van der Waals surface area contributed by atoms with Crippen molar-refractivity contribution in [1.82, 2.24) is 0 Å². The van der Waals surface area contributed by atoms with E-state index in [9.17, 15) is 34.2 Å². The number of aromatic carboxylic acids is 1. The van der Waals surface area contributed by atoms with E-state index in [1.807, 2.05) is 6.08 Å². The van der Waals surface area contributed by atoms with Crippen LogP contribution in [0.25, 0.3) is 0 Å². The Morgan fingerprint density at radius 1 is 1.02 bits per heavy atom. The lowest BCUT2D eigenvalue weighted by atomic mass is 9.59. The van der Waals surface area contributed by atoms with Gasteiger partial charge >= 0.3 is 5.97 Å². The molecule has 1 fully saturated rings. The van der Waals surface area contributed by atoms with E-state index < -0.39 is 41.5 Å². The summed E-state index contributed by atoms with van der Waals surface area (Å²) in [4.78, 5) is 67.0. The maximum absolute atomic E-state index is 14.0. The number of carboxylic acids is 1. The predicted molar refractivity (Wildman–Crippen MR) is 142 cm³/mol. The molecule has 2 aromatic carbocycles. The van der Waals surface area contributed by atoms with Gasteiger partial charge in [0.05, 0.1) is 30.2 Å². The van der Waals surface area contributed by atoms with Gasteiger partial charge in [-0.1, -0.05) is 23.8 Å². The smallest absolute Gasteiger partial charge is 0.335 e. The number of phenolic OH excluding ortho intramolecular Hbond substituents is 1. The average molecular weight is 540 g/mol. The van der Waals surface area contributed by atoms with Gasteiger partial charge in [0.2, 0.25) is 11.8 Å². The quantitative estimate of drug-likeness (QED) is 0.341. The Morgan fingerprint density at radius 3 is 2.50 bits per heavy atom. The summed E-state index contributed by atoms with van der Waals surface area (Å²) in [5.74, 6) is -5.54. The van der Waals surface area contributed by atoms with Crippen molar-refractivity contribution in [3.8, 4) is 11.5 Å². The molecule has 3 aliphatic carbocycles. The summed E-state index contributed by atoms with van der Waals surface area (Å²) in [6, 6.07) is 10.4. The van der Waals surface area contributed by atoms with Crippen molar-refractivity contribution in [3.05, 3.63) is 88.0 Å². The Morgan fingerprint density at radius 2 is 1.77 bits per heavy atom. The molecular weight excluding hydrogens is 514 g/mol. The van der Waals surface area contributed by atoms with Gasteiger partial charge in [0.25, 0.3) is 0 Å². The number of hydrogen-bond donors (Lipinski definition) is 2. The van der Waals surface area contributed by atoms with Gasteiger partial charge < -0.3 is 14.9 Å². The Hall–Kier alpha value is -4.79. The lowest BCUT2D eigenvalue weighted by Gasteiger charge is -2.42. The summed E-state index contributed by atoms with van der Waals surface area (Å²) in [7, 11) is 1.44. The number of carboxylic acid groups (broad SMARTS) is 1. The van der Waals surface area contributed by atoms with E-state index in [0.29, 0.717) is 16.9 Å². The highest BCUT2D eigenvalue weighted by molar-refractivity contribution is 6.25. The monoisotopic (exact) mass is 539 g/mol. The number of Topliss-reactive ketones (excluding diaryl/α,β-unsaturated/α-hetero) is 1. The molecule has 4 atom stereocenters. The molecule has 2 aromatic rings. The molecule has 202 valence electrons. The van der Waals surface area contributed by atoms with Crippen molar-refractivity contribution < 1.29 is 38.9 Å². The van der Waals surface area contributed by atoms with Crippen molar-refractivity contribution in [2.45, 2.75) is 25.7 Å². The van der Waals surface area contributed by atoms with E-state index in [0.717, 1.165) is 4.90 Å². The Bertz CT molecular complexity index is 1640. The van der Waals surface area contributed by atoms with Crippen LogP contribution in [0.4, 0.5) is 5.69 Å². The lowest BCUT2D eigenvalue weighted by molar-refractivity contribution is -0.123. The molecule has 9 heteroatoms. The molecule has 0 unspecified atom stereocenters. The molecule has 0 bridgehead atoms. The molecule has 1 heterocycles. The van der Waals surface area contributed by atoms with Crippen LogP contribution in [0, 0.1) is 17.8 Å². The van der Waals surface area contributed by atoms with E-state index in [4.69, 9.17) is 4.74 Å². The molecule has 6 rings (SSSR count). The highest BCUT2D eigenvalue weighted by atomic mass is 16.5. The van der Waals surface area contributed by atoms with Gasteiger partial charge in [0.1, 0.15) is 11.5 Å². The maximum Gasteiger partial charge on any atom is 0.335 e. The standard InChI is InChI=1S/C31H25NO8/c1-14-11-22(34)25-20(28(14)35)13-19-17(26(25)27-21(33)7-4-8-23(27)40-2)9-10-18-24(19)30(37)32(29(18)36)16-6-3-5-15(12-16)31(38)39/h3-9,11-12,18-19,24,26,33H,10,13H2,1-2H3,(H,38,39)/t18-,19+,24-,26-/m0/s1. The third kappa shape index (κ3) is 3.57. The van der Waals surface area contributed by atoms with Crippen LogP contribution in [0.1, 0.15) is 41.6 Å². The minimum atomic E-state index is -1.18. The summed E-state index contributed by atoms with van der Waals surface area (Å²) in [6.07, 6.45) is 3.45. The van der Waals surface area contributed by atoms with Crippen molar-refractivity contribution in [2.24, 2.45) is 17.8 Å². The molecule has 0 radical (unpaired) electrons. The topological polar surface area (TPSA) is 138 Å². The van der Waals surface area contributed by atoms with E-state index in [-0.39, 0.29) is 58.1 Å². The van der Waals surface area contributed by atoms with Crippen molar-refractivity contribution >= 4 is 35.0 Å². The first-order valence-corrected chi connectivity index (χ1v) is 12.9. The number of hydrogen-bond acceptors (Lipinski definition) is 7. The van der Waals surface area contributed by atoms with Gasteiger partial charge in [0, 0.05) is 28.2 Å². The number of phenols is 1. The number of nitrogens with zero attached hydrogens (tertiary/aromatic N) is 1. The summed E-state index contributed by atoms with van der Waals surface area (Å²) < 4.78 is 5.55. The largest absolute Gasteiger partial charge is 0.507 e. The van der Waals surface area contributed by atoms with Gasteiger partial charge in [-0.05, 0) is 62.1 Å². The summed E-state index contributed by atoms with van der Waals surface area (Å²) >= 11 is 0. The second-order valence-corrected chi connectivity index (χ2v) is 10.5. The summed E-state index contributed by atoms with van der Waals surface area (Å²) in [5, 5.41) is 20.4. The molecule has 2 N–H and O–H groups in total. The fourth-order valence-electron chi connectivity index (χ4n) is 6.75. The molecule has 2 amide bonds. The number of amides is 2. The van der Waals surface area contributed by atoms with Crippen LogP contribution in [0.15, 0.2) is 76.9 Å². The zero-order valence-corrected chi connectivity index (χ0v) is 21.7. The molecule has 9 nitrogen and oxygen atoms in total. The number of imide groups is 1. The van der Waals surface area contributed by atoms with Crippen LogP contribution < -0.4 is 9.64 Å². The molecule has 1 aliphatic heterocycles. The van der Waals surface area contributed by atoms with Gasteiger partial charge in [-0.3, -0.25) is 24.1 Å². The fraction of sp³-hybridized carbons (Fsp3) is 0.258. The summed E-state index contributed by atoms with van der Waals surface area (Å²) in [6.45, 7) is 1.57. The van der Waals surface area contributed by atoms with E-state index >= 15 is 0 Å². The normalized spacial score (nSPS) is 25.7. The van der Waals surface area contributed by atoms with Crippen LogP contribution in [-0.4, -0.2) is 46.7 Å². The number of anilines is 1. The number of allylic oxidation sites excluding steroid dienone is 6. The molecule has 1 saturated heterocycles. The van der Waals surface area contributed by atoms with Crippen LogP contribution >= 0.6 is 0 Å². The third-order valence-electron chi connectivity index (χ3n) is 8.47. The number of benzene rings is 2. The Balaban J connectivity index is 1.51. The summed E-state index contributed by atoms with van der Waals surface area (Å²) in [5.41, 5.74) is 1.92. The second-order valence-electron chi connectivity index (χ2n) is 10.5. The first-order valence-electron chi connectivity index (χ1n) is 12.9. The first kappa shape index (κ1) is 25.5. The number of aromatic hydroxyl groups is 1. The van der Waals surface area contributed by atoms with Gasteiger partial charge in [-0.15, -0.1) is 0 Å². The molecule has 0 spiro atoms. The number of carbonyl (C=O) groups is 5. The van der Waals surface area contributed by atoms with Gasteiger partial charge in [-0.25, -0.2) is 4.79 Å². The number of fused-ring (bicyclic) bond motifs is 3. The number of methoxy groups -OCH3 is 1. The zero-order valence-electron chi connectivity index (χ0n) is 21.7. The maximum atomic E-state index is 14.0. The minimum Gasteiger partial charge on any atom is -0.507 e. The number of rotatable bonds is 4. The SMILES string of the molecule is COc1cccc(O)c1[C@H]1C2=CC[C@@H]3C(=O)N(c4cccc(C(=O)O)c4)C(=O)[C@@H]3[C@@H]2CC2=C1C(=O)C=C(C)C2=O. The second kappa shape index (κ2) is 9.15. The highest BCUT2D eigenvalue weighted by Gasteiger charge is 2.57. The van der Waals surface area contributed by atoms with E-state index in [2.05, 4.69) is 0 Å². The lowest BCUT2D eigenvalue weighted by Crippen LogP contribution is -2.40. The van der Waals surface area contributed by atoms with Crippen LogP contribution in [0.3, 0.4) is 0 Å². The zero-order chi connectivity index (χ0) is 28.5. The third-order valence-corrected chi connectivity index (χ3v) is 8.47. The fourth-order valence-corrected chi connectivity index (χ4v) is 6.75. The number of carbonyl (C=O) groups excluding carboxylic acids is 4. The molecule has 40 heavy (non-hydrogen) atoms. The number of ether oxygens (including phenoxy) is 1. The molecular formula is C31H25NO8. The van der Waals surface area contributed by atoms with Crippen molar-refractivity contribution in [1.29, 1.82) is 0 Å². The van der Waals surface area contributed by atoms with Crippen molar-refractivity contribution in [2.75, 3.05) is 12.0 Å². The van der Waals surface area contributed by atoms with Crippen LogP contribution in [0.2, 0.25) is 0 Å². The molecule has 4 aliphatic rings. The highest BCUT2D eigenvalue weighted by Crippen LogP contribution is 2.57. The van der Waals surface area contributed by atoms with Crippen molar-refractivity contribution in [3.63, 3.8) is 0 Å². The van der Waals surface area contributed by atoms with Crippen LogP contribution in [0.5, 0.6) is 11.5 Å². The van der Waals surface area contributed by atoms with E-state index in [1.165, 1.54) is 43.5 Å². The average Bonchev–Trinajstić information content (AvgIpc) is 3.20.